The average Bonchev–Trinajstić information content (AvgIpc) is 2.64. The van der Waals surface area contributed by atoms with Crippen LogP contribution in [0, 0.1) is 0 Å². The van der Waals surface area contributed by atoms with E-state index in [1.807, 2.05) is 0 Å². The van der Waals surface area contributed by atoms with Crippen molar-refractivity contribution in [3.05, 3.63) is 23.8 Å². The Kier molecular flexibility index (Phi) is 13.2. The predicted molar refractivity (Wildman–Crippen MR) is 108 cm³/mol. The second kappa shape index (κ2) is 15.3. The van der Waals surface area contributed by atoms with Gasteiger partial charge in [0.2, 0.25) is 0 Å². The SMILES string of the molecule is CCCCCCCCCCOCCCCCc1cccc(OC(=O)O)c1O. The van der Waals surface area contributed by atoms with E-state index in [2.05, 4.69) is 11.7 Å². The van der Waals surface area contributed by atoms with E-state index < -0.39 is 6.16 Å². The first kappa shape index (κ1) is 23.3. The molecule has 5 nitrogen and oxygen atoms in total. The van der Waals surface area contributed by atoms with Gasteiger partial charge in [-0.1, -0.05) is 70.4 Å². The summed E-state index contributed by atoms with van der Waals surface area (Å²) in [5.41, 5.74) is 0.716. The molecule has 0 aromatic heterocycles. The lowest BCUT2D eigenvalue weighted by atomic mass is 10.1. The summed E-state index contributed by atoms with van der Waals surface area (Å²) in [5.74, 6) is -0.0838. The van der Waals surface area contributed by atoms with Crippen LogP contribution in [0.4, 0.5) is 4.79 Å². The molecular formula is C22H36O5. The zero-order chi connectivity index (χ0) is 19.7. The Bertz CT molecular complexity index is 515. The number of benzene rings is 1. The molecule has 0 bridgehead atoms. The molecule has 0 atom stereocenters. The highest BCUT2D eigenvalue weighted by Gasteiger charge is 2.10. The number of hydrogen-bond acceptors (Lipinski definition) is 4. The molecule has 2 N–H and O–H groups in total. The molecular weight excluding hydrogens is 344 g/mol. The van der Waals surface area contributed by atoms with Gasteiger partial charge in [0, 0.05) is 13.2 Å². The third-order valence-corrected chi connectivity index (χ3v) is 4.66. The number of aromatic hydroxyl groups is 1. The van der Waals surface area contributed by atoms with Crippen LogP contribution in [0.2, 0.25) is 0 Å². The molecule has 0 amide bonds. The summed E-state index contributed by atoms with van der Waals surface area (Å²) in [6.45, 7) is 3.88. The van der Waals surface area contributed by atoms with Gasteiger partial charge in [-0.2, -0.15) is 0 Å². The van der Waals surface area contributed by atoms with Crippen LogP contribution in [-0.2, 0) is 11.2 Å². The Morgan fingerprint density at radius 3 is 2.11 bits per heavy atom. The fourth-order valence-corrected chi connectivity index (χ4v) is 3.08. The quantitative estimate of drug-likeness (QED) is 0.199. The lowest BCUT2D eigenvalue weighted by molar-refractivity contribution is 0.126. The van der Waals surface area contributed by atoms with E-state index in [1.165, 1.54) is 51.0 Å². The van der Waals surface area contributed by atoms with E-state index in [0.717, 1.165) is 38.9 Å². The second-order valence-corrected chi connectivity index (χ2v) is 7.03. The van der Waals surface area contributed by atoms with E-state index in [1.54, 1.807) is 12.1 Å². The fraction of sp³-hybridized carbons (Fsp3) is 0.682. The number of hydrogen-bond donors (Lipinski definition) is 2. The van der Waals surface area contributed by atoms with Crippen molar-refractivity contribution in [1.29, 1.82) is 0 Å². The van der Waals surface area contributed by atoms with Crippen LogP contribution in [0.5, 0.6) is 11.5 Å². The monoisotopic (exact) mass is 380 g/mol. The second-order valence-electron chi connectivity index (χ2n) is 7.03. The summed E-state index contributed by atoms with van der Waals surface area (Å²) in [6.07, 6.45) is 12.7. The Morgan fingerprint density at radius 1 is 0.889 bits per heavy atom. The van der Waals surface area contributed by atoms with Gasteiger partial charge in [0.25, 0.3) is 0 Å². The molecule has 0 radical (unpaired) electrons. The first-order valence-corrected chi connectivity index (χ1v) is 10.4. The summed E-state index contributed by atoms with van der Waals surface area (Å²) in [5, 5.41) is 18.7. The van der Waals surface area contributed by atoms with Crippen LogP contribution in [0.3, 0.4) is 0 Å². The molecule has 1 rings (SSSR count). The van der Waals surface area contributed by atoms with Crippen molar-refractivity contribution in [3.63, 3.8) is 0 Å². The number of rotatable bonds is 16. The van der Waals surface area contributed by atoms with Crippen molar-refractivity contribution in [2.45, 2.75) is 84.0 Å². The van der Waals surface area contributed by atoms with Crippen LogP contribution >= 0.6 is 0 Å². The Balaban J connectivity index is 1.98. The minimum Gasteiger partial charge on any atom is -0.504 e. The van der Waals surface area contributed by atoms with Gasteiger partial charge in [0.15, 0.2) is 11.5 Å². The summed E-state index contributed by atoms with van der Waals surface area (Å²) >= 11 is 0. The Morgan fingerprint density at radius 2 is 1.48 bits per heavy atom. The topological polar surface area (TPSA) is 76.0 Å². The summed E-state index contributed by atoms with van der Waals surface area (Å²) < 4.78 is 10.2. The van der Waals surface area contributed by atoms with Crippen molar-refractivity contribution in [2.75, 3.05) is 13.2 Å². The van der Waals surface area contributed by atoms with Crippen LogP contribution in [0.15, 0.2) is 18.2 Å². The Labute approximate surface area is 163 Å². The molecule has 27 heavy (non-hydrogen) atoms. The van der Waals surface area contributed by atoms with Crippen LogP contribution in [0.25, 0.3) is 0 Å². The number of phenolic OH excluding ortho intramolecular Hbond substituents is 1. The number of para-hydroxylation sites is 1. The van der Waals surface area contributed by atoms with Crippen LogP contribution in [0.1, 0.15) is 83.1 Å². The molecule has 0 unspecified atom stereocenters. The molecule has 0 fully saturated rings. The first-order valence-electron chi connectivity index (χ1n) is 10.4. The van der Waals surface area contributed by atoms with Crippen LogP contribution < -0.4 is 4.74 Å². The maximum atomic E-state index is 10.6. The van der Waals surface area contributed by atoms with Gasteiger partial charge >= 0.3 is 6.16 Å². The average molecular weight is 381 g/mol. The van der Waals surface area contributed by atoms with E-state index in [4.69, 9.17) is 9.84 Å². The van der Waals surface area contributed by atoms with Gasteiger partial charge in [0.05, 0.1) is 0 Å². The van der Waals surface area contributed by atoms with E-state index in [-0.39, 0.29) is 11.5 Å². The Hall–Kier alpha value is -1.75. The smallest absolute Gasteiger partial charge is 0.504 e. The zero-order valence-corrected chi connectivity index (χ0v) is 16.8. The molecule has 0 saturated heterocycles. The number of carbonyl (C=O) groups is 1. The number of phenols is 1. The molecule has 0 aliphatic heterocycles. The summed E-state index contributed by atoms with van der Waals surface area (Å²) in [4.78, 5) is 10.6. The lowest BCUT2D eigenvalue weighted by Gasteiger charge is -2.08. The minimum absolute atomic E-state index is 0.00584. The number of unbranched alkanes of at least 4 members (excludes halogenated alkanes) is 9. The van der Waals surface area contributed by atoms with E-state index >= 15 is 0 Å². The number of carboxylic acid groups (broad SMARTS) is 1. The molecule has 0 aliphatic rings. The van der Waals surface area contributed by atoms with Crippen molar-refractivity contribution in [1.82, 2.24) is 0 Å². The lowest BCUT2D eigenvalue weighted by Crippen LogP contribution is -2.03. The molecule has 0 spiro atoms. The number of aryl methyl sites for hydroxylation is 1. The normalized spacial score (nSPS) is 10.9. The molecule has 5 heteroatoms. The zero-order valence-electron chi connectivity index (χ0n) is 16.8. The molecule has 1 aromatic carbocycles. The van der Waals surface area contributed by atoms with Crippen molar-refractivity contribution in [2.24, 2.45) is 0 Å². The maximum Gasteiger partial charge on any atom is 0.511 e. The first-order chi connectivity index (χ1) is 13.1. The van der Waals surface area contributed by atoms with Crippen molar-refractivity contribution < 1.29 is 24.5 Å². The summed E-state index contributed by atoms with van der Waals surface area (Å²) in [6, 6.07) is 4.94. The van der Waals surface area contributed by atoms with E-state index in [9.17, 15) is 9.90 Å². The largest absolute Gasteiger partial charge is 0.511 e. The molecule has 0 heterocycles. The van der Waals surface area contributed by atoms with Gasteiger partial charge < -0.3 is 19.7 Å². The highest BCUT2D eigenvalue weighted by atomic mass is 16.7. The van der Waals surface area contributed by atoms with E-state index in [0.29, 0.717) is 12.0 Å². The third kappa shape index (κ3) is 11.5. The molecule has 0 saturated carbocycles. The summed E-state index contributed by atoms with van der Waals surface area (Å²) in [7, 11) is 0. The fourth-order valence-electron chi connectivity index (χ4n) is 3.08. The highest BCUT2D eigenvalue weighted by Crippen LogP contribution is 2.30. The minimum atomic E-state index is -1.42. The molecule has 1 aromatic rings. The molecule has 0 aliphatic carbocycles. The maximum absolute atomic E-state index is 10.6. The van der Waals surface area contributed by atoms with Gasteiger partial charge in [-0.15, -0.1) is 0 Å². The predicted octanol–water partition coefficient (Wildman–Crippen LogP) is 6.32. The standard InChI is InChI=1S/C22H36O5/c1-2-3-4-5-6-7-8-11-17-26-18-12-9-10-14-19-15-13-16-20(21(19)23)27-22(24)25/h13,15-16,23H,2-12,14,17-18H2,1H3,(H,24,25). The third-order valence-electron chi connectivity index (χ3n) is 4.66. The molecule has 154 valence electrons. The van der Waals surface area contributed by atoms with Crippen molar-refractivity contribution >= 4 is 6.16 Å². The van der Waals surface area contributed by atoms with Crippen molar-refractivity contribution in [3.8, 4) is 11.5 Å². The van der Waals surface area contributed by atoms with Gasteiger partial charge in [0.1, 0.15) is 0 Å². The van der Waals surface area contributed by atoms with Crippen LogP contribution in [-0.4, -0.2) is 29.6 Å². The van der Waals surface area contributed by atoms with Gasteiger partial charge in [-0.25, -0.2) is 4.79 Å². The van der Waals surface area contributed by atoms with Gasteiger partial charge in [-0.3, -0.25) is 0 Å². The number of ether oxygens (including phenoxy) is 2. The van der Waals surface area contributed by atoms with Gasteiger partial charge in [-0.05, 0) is 37.3 Å². The highest BCUT2D eigenvalue weighted by molar-refractivity contribution is 5.63.